The second kappa shape index (κ2) is 9.63. The minimum atomic E-state index is -1.05. The molecule has 2 aliphatic heterocycles. The molecule has 0 radical (unpaired) electrons. The summed E-state index contributed by atoms with van der Waals surface area (Å²) in [6, 6.07) is 11.5. The standard InChI is InChI=1S/C27H25F2N5O3.2H2/c1-14-22(32-27(31)37-25(30)17-9-16(10-17)15-5-3-2-4-6-15)13-34(14)18-11-20(28)24(21(29)12-18)19-7-8-23(35)33-26(19)36;;/h2-6,11-12,14,19,22,30H,7-9,13H2,1H3,(H2,31,32)(H,33,35,36);2*1H/t14-,19?,22+;;/m1../s1. The van der Waals surface area contributed by atoms with Crippen molar-refractivity contribution < 1.29 is 26.0 Å². The fourth-order valence-corrected chi connectivity index (χ4v) is 4.77. The van der Waals surface area contributed by atoms with Crippen LogP contribution in [0.15, 0.2) is 58.8 Å². The van der Waals surface area contributed by atoms with Gasteiger partial charge in [-0.05, 0) is 31.0 Å². The van der Waals surface area contributed by atoms with Gasteiger partial charge in [0.15, 0.2) is 0 Å². The Labute approximate surface area is 215 Å². The zero-order valence-corrected chi connectivity index (χ0v) is 20.1. The van der Waals surface area contributed by atoms with Gasteiger partial charge in [-0.2, -0.15) is 0 Å². The van der Waals surface area contributed by atoms with Gasteiger partial charge in [0, 0.05) is 39.1 Å². The Bertz CT molecular complexity index is 1390. The van der Waals surface area contributed by atoms with Crippen LogP contribution in [0.2, 0.25) is 0 Å². The van der Waals surface area contributed by atoms with Gasteiger partial charge in [-0.1, -0.05) is 30.3 Å². The number of hydrogen-bond donors (Lipinski definition) is 3. The molecule has 3 atom stereocenters. The predicted octanol–water partition coefficient (Wildman–Crippen LogP) is 3.88. The first-order valence-corrected chi connectivity index (χ1v) is 11.9. The molecule has 194 valence electrons. The lowest BCUT2D eigenvalue weighted by Gasteiger charge is -2.46. The minimum absolute atomic E-state index is 0. The van der Waals surface area contributed by atoms with Gasteiger partial charge < -0.3 is 15.4 Å². The van der Waals surface area contributed by atoms with Gasteiger partial charge in [-0.3, -0.25) is 20.3 Å². The number of aliphatic imine (C=N–C) groups is 1. The van der Waals surface area contributed by atoms with E-state index in [9.17, 15) is 18.4 Å². The molecule has 0 saturated carbocycles. The lowest BCUT2D eigenvalue weighted by atomic mass is 9.89. The number of halogens is 2. The number of nitrogens with zero attached hydrogens (tertiary/aromatic N) is 2. The van der Waals surface area contributed by atoms with Crippen molar-refractivity contribution >= 4 is 35.0 Å². The van der Waals surface area contributed by atoms with E-state index in [1.807, 2.05) is 37.3 Å². The SMILES string of the molecule is C[C@@H]1[C@@H](N=C(N)OC(=N)C2=C=C(c3ccccc3)C2)CN1c1cc(F)c(C2CCC(=O)NC2=O)c(F)c1.[HH].[HH]. The van der Waals surface area contributed by atoms with Crippen molar-refractivity contribution in [2.45, 2.75) is 44.2 Å². The Kier molecular flexibility index (Phi) is 6.35. The topological polar surface area (TPSA) is 121 Å². The molecule has 0 bridgehead atoms. The van der Waals surface area contributed by atoms with E-state index < -0.39 is 29.4 Å². The largest absolute Gasteiger partial charge is 0.407 e. The van der Waals surface area contributed by atoms with Gasteiger partial charge in [0.25, 0.3) is 6.02 Å². The average Bonchev–Trinajstić information content (AvgIpc) is 2.81. The number of carbonyl (C=O) groups excluding carboxylic acids is 2. The fourth-order valence-electron chi connectivity index (χ4n) is 4.77. The molecule has 2 fully saturated rings. The Morgan fingerprint density at radius 2 is 1.92 bits per heavy atom. The van der Waals surface area contributed by atoms with E-state index in [-0.39, 0.29) is 45.3 Å². The highest BCUT2D eigenvalue weighted by molar-refractivity contribution is 6.03. The normalized spacial score (nSPS) is 23.4. The van der Waals surface area contributed by atoms with E-state index >= 15 is 0 Å². The van der Waals surface area contributed by atoms with E-state index in [4.69, 9.17) is 15.9 Å². The van der Waals surface area contributed by atoms with Crippen molar-refractivity contribution in [1.82, 2.24) is 5.32 Å². The molecule has 37 heavy (non-hydrogen) atoms. The number of piperidine rings is 1. The zero-order valence-electron chi connectivity index (χ0n) is 20.1. The van der Waals surface area contributed by atoms with Gasteiger partial charge in [-0.25, -0.2) is 13.8 Å². The number of nitrogens with one attached hydrogen (secondary N) is 2. The van der Waals surface area contributed by atoms with Crippen molar-refractivity contribution in [3.8, 4) is 0 Å². The van der Waals surface area contributed by atoms with Crippen molar-refractivity contribution in [3.05, 3.63) is 76.5 Å². The molecule has 1 unspecified atom stereocenters. The van der Waals surface area contributed by atoms with Crippen molar-refractivity contribution in [3.63, 3.8) is 0 Å². The predicted molar refractivity (Wildman–Crippen MR) is 138 cm³/mol. The summed E-state index contributed by atoms with van der Waals surface area (Å²) < 4.78 is 35.1. The van der Waals surface area contributed by atoms with Gasteiger partial charge in [0.1, 0.15) is 11.6 Å². The van der Waals surface area contributed by atoms with Crippen molar-refractivity contribution in [2.75, 3.05) is 11.4 Å². The van der Waals surface area contributed by atoms with Crippen LogP contribution in [0.1, 0.15) is 46.1 Å². The van der Waals surface area contributed by atoms with E-state index in [1.165, 1.54) is 12.1 Å². The highest BCUT2D eigenvalue weighted by Crippen LogP contribution is 2.35. The van der Waals surface area contributed by atoms with Crippen LogP contribution in [0, 0.1) is 17.0 Å². The molecular weight excluding hydrogens is 480 g/mol. The molecule has 4 N–H and O–H groups in total. The molecule has 2 amide bonds. The van der Waals surface area contributed by atoms with Crippen LogP contribution >= 0.6 is 0 Å². The average molecular weight is 510 g/mol. The fraction of sp³-hybridized carbons (Fsp3) is 0.296. The second-order valence-corrected chi connectivity index (χ2v) is 9.31. The molecule has 2 heterocycles. The number of amides is 2. The third-order valence-corrected chi connectivity index (χ3v) is 6.97. The highest BCUT2D eigenvalue weighted by atomic mass is 19.1. The first-order valence-electron chi connectivity index (χ1n) is 11.9. The number of benzene rings is 2. The van der Waals surface area contributed by atoms with E-state index in [0.717, 1.165) is 11.1 Å². The quantitative estimate of drug-likeness (QED) is 0.245. The van der Waals surface area contributed by atoms with Crippen LogP contribution in [0.3, 0.4) is 0 Å². The number of ether oxygens (including phenoxy) is 1. The molecule has 10 heteroatoms. The molecule has 8 nitrogen and oxygen atoms in total. The van der Waals surface area contributed by atoms with Crippen molar-refractivity contribution in [2.24, 2.45) is 10.7 Å². The Balaban J connectivity index is 0.00000210. The van der Waals surface area contributed by atoms with E-state index in [2.05, 4.69) is 16.0 Å². The molecule has 1 aliphatic carbocycles. The lowest BCUT2D eigenvalue weighted by Crippen LogP contribution is -2.58. The number of hydrogen-bond acceptors (Lipinski definition) is 6. The summed E-state index contributed by atoms with van der Waals surface area (Å²) in [5.74, 6) is -3.98. The number of amidine groups is 1. The zero-order chi connectivity index (χ0) is 26.3. The third kappa shape index (κ3) is 4.75. The van der Waals surface area contributed by atoms with E-state index in [1.54, 1.807) is 4.90 Å². The maximum Gasteiger partial charge on any atom is 0.289 e. The molecule has 2 saturated heterocycles. The van der Waals surface area contributed by atoms with Gasteiger partial charge >= 0.3 is 0 Å². The van der Waals surface area contributed by atoms with Crippen LogP contribution in [-0.4, -0.2) is 42.4 Å². The first kappa shape index (κ1) is 24.4. The van der Waals surface area contributed by atoms with Crippen LogP contribution in [0.25, 0.3) is 5.57 Å². The smallest absolute Gasteiger partial charge is 0.289 e. The molecule has 5 rings (SSSR count). The maximum atomic E-state index is 14.9. The monoisotopic (exact) mass is 509 g/mol. The Hall–Kier alpha value is -4.30. The summed E-state index contributed by atoms with van der Waals surface area (Å²) in [6.07, 6.45) is 0.640. The van der Waals surface area contributed by atoms with Crippen LogP contribution in [-0.2, 0) is 14.3 Å². The summed E-state index contributed by atoms with van der Waals surface area (Å²) in [5.41, 5.74) is 11.6. The summed E-state index contributed by atoms with van der Waals surface area (Å²) in [4.78, 5) is 29.5. The molecule has 0 spiro atoms. The minimum Gasteiger partial charge on any atom is -0.407 e. The summed E-state index contributed by atoms with van der Waals surface area (Å²) in [5, 5.41) is 10.2. The first-order chi connectivity index (χ1) is 17.7. The molecular formula is C27H29F2N5O3. The van der Waals surface area contributed by atoms with Gasteiger partial charge in [-0.15, -0.1) is 5.73 Å². The second-order valence-electron chi connectivity index (χ2n) is 9.31. The maximum absolute atomic E-state index is 14.9. The number of carbonyl (C=O) groups is 2. The van der Waals surface area contributed by atoms with Gasteiger partial charge in [0.2, 0.25) is 17.7 Å². The Morgan fingerprint density at radius 3 is 2.54 bits per heavy atom. The third-order valence-electron chi connectivity index (χ3n) is 6.97. The van der Waals surface area contributed by atoms with Crippen molar-refractivity contribution in [1.29, 1.82) is 5.41 Å². The number of rotatable bonds is 5. The number of anilines is 1. The molecule has 0 aromatic heterocycles. The molecule has 2 aromatic carbocycles. The lowest BCUT2D eigenvalue weighted by molar-refractivity contribution is -0.134. The highest BCUT2D eigenvalue weighted by Gasteiger charge is 2.38. The summed E-state index contributed by atoms with van der Waals surface area (Å²) in [6.45, 7) is 2.18. The number of imide groups is 1. The van der Waals surface area contributed by atoms with E-state index in [0.29, 0.717) is 24.2 Å². The molecule has 3 aliphatic rings. The van der Waals surface area contributed by atoms with Gasteiger partial charge in [0.05, 0.1) is 23.6 Å². The summed E-state index contributed by atoms with van der Waals surface area (Å²) >= 11 is 0. The van der Waals surface area contributed by atoms with Crippen LogP contribution in [0.4, 0.5) is 14.5 Å². The Morgan fingerprint density at radius 1 is 1.24 bits per heavy atom. The molecule has 2 aromatic rings. The van der Waals surface area contributed by atoms with Crippen LogP contribution < -0.4 is 16.0 Å². The van der Waals surface area contributed by atoms with Crippen LogP contribution in [0.5, 0.6) is 0 Å². The summed E-state index contributed by atoms with van der Waals surface area (Å²) in [7, 11) is 0. The number of nitrogens with two attached hydrogens (primary N) is 1.